The lowest BCUT2D eigenvalue weighted by Gasteiger charge is -2.18. The maximum atomic E-state index is 14.5. The first-order valence-corrected chi connectivity index (χ1v) is 9.94. The number of aromatic nitrogens is 1. The number of benzene rings is 2. The lowest BCUT2D eigenvalue weighted by atomic mass is 9.98. The highest BCUT2D eigenvalue weighted by atomic mass is 19.1. The first-order chi connectivity index (χ1) is 15.2. The standard InChI is InChI=1S/C24H21F3N2O3/c1-3-23(32)29(2)19-9-5-15(12-18(19)25)16-4-8-17(21(31)13-16)20(30)10-6-14-7-11-22(26)28-24(14)27/h4-5,7-9,11-13,31H,3,6,10H2,1-2H3. The molecular weight excluding hydrogens is 421 g/mol. The van der Waals surface area contributed by atoms with Gasteiger partial charge in [-0.25, -0.2) is 4.39 Å². The summed E-state index contributed by atoms with van der Waals surface area (Å²) in [5, 5.41) is 10.3. The van der Waals surface area contributed by atoms with Crippen molar-refractivity contribution in [1.29, 1.82) is 0 Å². The third-order valence-electron chi connectivity index (χ3n) is 5.13. The van der Waals surface area contributed by atoms with E-state index in [0.717, 1.165) is 6.07 Å². The van der Waals surface area contributed by atoms with Crippen LogP contribution in [0.4, 0.5) is 18.9 Å². The number of ketones is 1. The molecule has 0 aliphatic carbocycles. The fourth-order valence-corrected chi connectivity index (χ4v) is 3.29. The SMILES string of the molecule is CCC(=O)N(C)c1ccc(-c2ccc(C(=O)CCc3ccc(F)nc3F)c(O)c2)cc1F. The number of phenols is 1. The third-order valence-corrected chi connectivity index (χ3v) is 5.13. The second-order valence-electron chi connectivity index (χ2n) is 7.21. The van der Waals surface area contributed by atoms with Crippen molar-refractivity contribution in [2.45, 2.75) is 26.2 Å². The largest absolute Gasteiger partial charge is 0.507 e. The highest BCUT2D eigenvalue weighted by Gasteiger charge is 2.17. The second kappa shape index (κ2) is 9.64. The van der Waals surface area contributed by atoms with E-state index in [2.05, 4.69) is 4.98 Å². The van der Waals surface area contributed by atoms with E-state index in [4.69, 9.17) is 0 Å². The van der Waals surface area contributed by atoms with Crippen LogP contribution in [0.3, 0.4) is 0 Å². The Labute approximate surface area is 183 Å². The van der Waals surface area contributed by atoms with Gasteiger partial charge in [-0.2, -0.15) is 13.8 Å². The molecule has 1 heterocycles. The molecule has 8 heteroatoms. The number of carbonyl (C=O) groups excluding carboxylic acids is 2. The number of Topliss-reactive ketones (excluding diaryl/α,β-unsaturated/α-hetero) is 1. The van der Waals surface area contributed by atoms with Crippen molar-refractivity contribution in [1.82, 2.24) is 4.98 Å². The Morgan fingerprint density at radius 2 is 1.69 bits per heavy atom. The number of amides is 1. The fraction of sp³-hybridized carbons (Fsp3) is 0.208. The fourth-order valence-electron chi connectivity index (χ4n) is 3.29. The van der Waals surface area contributed by atoms with Gasteiger partial charge < -0.3 is 10.0 Å². The molecule has 0 spiro atoms. The number of carbonyl (C=O) groups is 2. The summed E-state index contributed by atoms with van der Waals surface area (Å²) in [6.07, 6.45) is 0.124. The molecular formula is C24H21F3N2O3. The van der Waals surface area contributed by atoms with Crippen LogP contribution >= 0.6 is 0 Å². The Morgan fingerprint density at radius 3 is 2.31 bits per heavy atom. The van der Waals surface area contributed by atoms with E-state index in [1.807, 2.05) is 0 Å². The van der Waals surface area contributed by atoms with Crippen molar-refractivity contribution in [2.75, 3.05) is 11.9 Å². The van der Waals surface area contributed by atoms with Crippen molar-refractivity contribution in [3.05, 3.63) is 77.4 Å². The summed E-state index contributed by atoms with van der Waals surface area (Å²) in [6.45, 7) is 1.68. The molecule has 5 nitrogen and oxygen atoms in total. The Bertz CT molecular complexity index is 1180. The number of halogens is 3. The van der Waals surface area contributed by atoms with Crippen LogP contribution in [0.2, 0.25) is 0 Å². The molecule has 1 aromatic heterocycles. The summed E-state index contributed by atoms with van der Waals surface area (Å²) < 4.78 is 41.1. The molecule has 0 aliphatic heterocycles. The highest BCUT2D eigenvalue weighted by molar-refractivity contribution is 5.99. The first-order valence-electron chi connectivity index (χ1n) is 9.94. The molecule has 1 N–H and O–H groups in total. The maximum absolute atomic E-state index is 14.5. The molecule has 0 fully saturated rings. The zero-order chi connectivity index (χ0) is 23.4. The lowest BCUT2D eigenvalue weighted by Crippen LogP contribution is -2.25. The maximum Gasteiger partial charge on any atom is 0.226 e. The quantitative estimate of drug-likeness (QED) is 0.410. The van der Waals surface area contributed by atoms with Gasteiger partial charge in [0.2, 0.25) is 17.8 Å². The summed E-state index contributed by atoms with van der Waals surface area (Å²) >= 11 is 0. The summed E-state index contributed by atoms with van der Waals surface area (Å²) in [5.74, 6) is -3.48. The monoisotopic (exact) mass is 442 g/mol. The molecule has 32 heavy (non-hydrogen) atoms. The van der Waals surface area contributed by atoms with E-state index in [9.17, 15) is 27.9 Å². The molecule has 166 valence electrons. The lowest BCUT2D eigenvalue weighted by molar-refractivity contribution is -0.118. The molecule has 3 rings (SSSR count). The van der Waals surface area contributed by atoms with Crippen LogP contribution in [0.1, 0.15) is 35.7 Å². The van der Waals surface area contributed by atoms with Gasteiger partial charge in [0.1, 0.15) is 11.6 Å². The van der Waals surface area contributed by atoms with Crippen LogP contribution in [0, 0.1) is 17.7 Å². The van der Waals surface area contributed by atoms with Gasteiger partial charge in [0.05, 0.1) is 11.3 Å². The number of rotatable bonds is 7. The minimum atomic E-state index is -0.978. The molecule has 2 aromatic carbocycles. The number of nitrogens with zero attached hydrogens (tertiary/aromatic N) is 2. The van der Waals surface area contributed by atoms with Crippen LogP contribution in [0.15, 0.2) is 48.5 Å². The topological polar surface area (TPSA) is 70.5 Å². The first kappa shape index (κ1) is 23.0. The van der Waals surface area contributed by atoms with Crippen LogP contribution in [0.5, 0.6) is 5.75 Å². The van der Waals surface area contributed by atoms with Crippen molar-refractivity contribution in [2.24, 2.45) is 0 Å². The minimum Gasteiger partial charge on any atom is -0.507 e. The number of phenolic OH excluding ortho intramolecular Hbond substituents is 1. The van der Waals surface area contributed by atoms with Crippen LogP contribution in [-0.2, 0) is 11.2 Å². The van der Waals surface area contributed by atoms with E-state index < -0.39 is 23.5 Å². The van der Waals surface area contributed by atoms with E-state index >= 15 is 0 Å². The van der Waals surface area contributed by atoms with Gasteiger partial charge in [-0.05, 0) is 53.9 Å². The van der Waals surface area contributed by atoms with Gasteiger partial charge in [-0.15, -0.1) is 0 Å². The molecule has 0 radical (unpaired) electrons. The Morgan fingerprint density at radius 1 is 1.00 bits per heavy atom. The van der Waals surface area contributed by atoms with Gasteiger partial charge in [0.25, 0.3) is 0 Å². The van der Waals surface area contributed by atoms with Gasteiger partial charge in [0.15, 0.2) is 5.78 Å². The van der Waals surface area contributed by atoms with Crippen LogP contribution < -0.4 is 4.90 Å². The van der Waals surface area contributed by atoms with E-state index in [-0.39, 0.29) is 47.7 Å². The average Bonchev–Trinajstić information content (AvgIpc) is 2.77. The average molecular weight is 442 g/mol. The minimum absolute atomic E-state index is 0.00416. The second-order valence-corrected chi connectivity index (χ2v) is 7.21. The summed E-state index contributed by atoms with van der Waals surface area (Å²) in [6, 6.07) is 10.9. The van der Waals surface area contributed by atoms with E-state index in [1.165, 1.54) is 42.3 Å². The Hall–Kier alpha value is -3.68. The third kappa shape index (κ3) is 4.96. The number of anilines is 1. The number of aromatic hydroxyl groups is 1. The predicted molar refractivity (Wildman–Crippen MR) is 114 cm³/mol. The van der Waals surface area contributed by atoms with Gasteiger partial charge in [-0.3, -0.25) is 9.59 Å². The predicted octanol–water partition coefficient (Wildman–Crippen LogP) is 5.06. The van der Waals surface area contributed by atoms with Crippen molar-refractivity contribution in [3.8, 4) is 16.9 Å². The molecule has 0 saturated heterocycles. The molecule has 0 aliphatic rings. The summed E-state index contributed by atoms with van der Waals surface area (Å²) in [7, 11) is 1.49. The Kier molecular flexibility index (Phi) is 6.92. The smallest absolute Gasteiger partial charge is 0.226 e. The van der Waals surface area contributed by atoms with Gasteiger partial charge >= 0.3 is 0 Å². The van der Waals surface area contributed by atoms with Crippen molar-refractivity contribution in [3.63, 3.8) is 0 Å². The van der Waals surface area contributed by atoms with Crippen LogP contribution in [0.25, 0.3) is 11.1 Å². The molecule has 3 aromatic rings. The zero-order valence-corrected chi connectivity index (χ0v) is 17.5. The van der Waals surface area contributed by atoms with Gasteiger partial charge in [0, 0.05) is 25.5 Å². The number of hydrogen-bond acceptors (Lipinski definition) is 4. The van der Waals surface area contributed by atoms with E-state index in [1.54, 1.807) is 19.1 Å². The number of pyridine rings is 1. The van der Waals surface area contributed by atoms with Crippen LogP contribution in [-0.4, -0.2) is 28.8 Å². The number of hydrogen-bond donors (Lipinski definition) is 1. The number of aryl methyl sites for hydroxylation is 1. The molecule has 0 saturated carbocycles. The molecule has 0 unspecified atom stereocenters. The summed E-state index contributed by atoms with van der Waals surface area (Å²) in [4.78, 5) is 28.6. The normalized spacial score (nSPS) is 10.8. The molecule has 0 atom stereocenters. The molecule has 1 amide bonds. The van der Waals surface area contributed by atoms with Crippen molar-refractivity contribution < 1.29 is 27.9 Å². The van der Waals surface area contributed by atoms with Crippen molar-refractivity contribution >= 4 is 17.4 Å². The Balaban J connectivity index is 1.76. The van der Waals surface area contributed by atoms with Gasteiger partial charge in [-0.1, -0.05) is 19.1 Å². The zero-order valence-electron chi connectivity index (χ0n) is 17.5. The molecule has 0 bridgehead atoms. The van der Waals surface area contributed by atoms with E-state index in [0.29, 0.717) is 11.1 Å². The highest BCUT2D eigenvalue weighted by Crippen LogP contribution is 2.30. The summed E-state index contributed by atoms with van der Waals surface area (Å²) in [5.41, 5.74) is 1.20.